The SMILES string of the molecule is COc1cc(C(=O)c2cccc(C)c2Cl)c(OC)cc1Br. The Bertz CT molecular complexity index is 698. The van der Waals surface area contributed by atoms with Gasteiger partial charge in [0.2, 0.25) is 0 Å². The number of benzene rings is 2. The number of rotatable bonds is 4. The van der Waals surface area contributed by atoms with Crippen molar-refractivity contribution in [3.63, 3.8) is 0 Å². The second kappa shape index (κ2) is 6.50. The number of ketones is 1. The Hall–Kier alpha value is -1.52. The van der Waals surface area contributed by atoms with Gasteiger partial charge in [0.1, 0.15) is 11.5 Å². The van der Waals surface area contributed by atoms with Crippen LogP contribution in [0.4, 0.5) is 0 Å². The van der Waals surface area contributed by atoms with Crippen molar-refractivity contribution in [1.29, 1.82) is 0 Å². The molecule has 3 nitrogen and oxygen atoms in total. The molecule has 0 aliphatic heterocycles. The first-order chi connectivity index (χ1) is 9.99. The van der Waals surface area contributed by atoms with E-state index in [1.54, 1.807) is 31.4 Å². The molecule has 5 heteroatoms. The lowest BCUT2D eigenvalue weighted by Crippen LogP contribution is -2.06. The summed E-state index contributed by atoms with van der Waals surface area (Å²) in [7, 11) is 3.06. The minimum Gasteiger partial charge on any atom is -0.496 e. The Morgan fingerprint density at radius 1 is 1.10 bits per heavy atom. The van der Waals surface area contributed by atoms with Gasteiger partial charge in [-0.25, -0.2) is 0 Å². The lowest BCUT2D eigenvalue weighted by Gasteiger charge is -2.12. The van der Waals surface area contributed by atoms with Crippen LogP contribution in [0.3, 0.4) is 0 Å². The third-order valence-corrected chi connectivity index (χ3v) is 4.28. The van der Waals surface area contributed by atoms with E-state index in [1.807, 2.05) is 13.0 Å². The molecular weight excluding hydrogens is 356 g/mol. The smallest absolute Gasteiger partial charge is 0.198 e. The van der Waals surface area contributed by atoms with E-state index in [9.17, 15) is 4.79 Å². The summed E-state index contributed by atoms with van der Waals surface area (Å²) in [6, 6.07) is 8.71. The number of ether oxygens (including phenoxy) is 2. The van der Waals surface area contributed by atoms with Gasteiger partial charge in [-0.3, -0.25) is 4.79 Å². The summed E-state index contributed by atoms with van der Waals surface area (Å²) in [6.45, 7) is 1.86. The lowest BCUT2D eigenvalue weighted by molar-refractivity contribution is 0.103. The molecule has 0 fully saturated rings. The van der Waals surface area contributed by atoms with Gasteiger partial charge in [0.05, 0.1) is 29.3 Å². The summed E-state index contributed by atoms with van der Waals surface area (Å²) in [5.41, 5.74) is 1.70. The molecule has 2 aromatic rings. The Kier molecular flexibility index (Phi) is 4.91. The highest BCUT2D eigenvalue weighted by Crippen LogP contribution is 2.35. The number of methoxy groups -OCH3 is 2. The highest BCUT2D eigenvalue weighted by atomic mass is 79.9. The molecule has 0 bridgehead atoms. The van der Waals surface area contributed by atoms with Gasteiger partial charge < -0.3 is 9.47 Å². The number of carbonyl (C=O) groups is 1. The van der Waals surface area contributed by atoms with Crippen LogP contribution in [0.15, 0.2) is 34.8 Å². The molecule has 0 saturated carbocycles. The van der Waals surface area contributed by atoms with Crippen molar-refractivity contribution in [1.82, 2.24) is 0 Å². The molecule has 0 spiro atoms. The zero-order valence-electron chi connectivity index (χ0n) is 11.9. The molecule has 110 valence electrons. The molecule has 0 unspecified atom stereocenters. The molecule has 2 aromatic carbocycles. The third kappa shape index (κ3) is 3.06. The standard InChI is InChI=1S/C16H14BrClO3/c1-9-5-4-6-10(15(9)18)16(19)11-7-14(21-3)12(17)8-13(11)20-2/h4-8H,1-3H3. The number of aryl methyl sites for hydroxylation is 1. The van der Waals surface area contributed by atoms with Crippen LogP contribution in [0.1, 0.15) is 21.5 Å². The Labute approximate surface area is 137 Å². The highest BCUT2D eigenvalue weighted by molar-refractivity contribution is 9.10. The Balaban J connectivity index is 2.60. The monoisotopic (exact) mass is 368 g/mol. The van der Waals surface area contributed by atoms with Gasteiger partial charge in [0.15, 0.2) is 5.78 Å². The van der Waals surface area contributed by atoms with Crippen LogP contribution in [0.25, 0.3) is 0 Å². The summed E-state index contributed by atoms with van der Waals surface area (Å²) in [4.78, 5) is 12.7. The van der Waals surface area contributed by atoms with Crippen molar-refractivity contribution >= 4 is 33.3 Å². The zero-order valence-corrected chi connectivity index (χ0v) is 14.2. The van der Waals surface area contributed by atoms with E-state index in [0.717, 1.165) is 5.56 Å². The van der Waals surface area contributed by atoms with Gasteiger partial charge in [-0.1, -0.05) is 23.7 Å². The van der Waals surface area contributed by atoms with Crippen LogP contribution in [0, 0.1) is 6.92 Å². The Morgan fingerprint density at radius 3 is 2.38 bits per heavy atom. The van der Waals surface area contributed by atoms with Crippen LogP contribution in [-0.4, -0.2) is 20.0 Å². The fourth-order valence-corrected chi connectivity index (χ4v) is 2.70. The largest absolute Gasteiger partial charge is 0.496 e. The van der Waals surface area contributed by atoms with Gasteiger partial charge in [0, 0.05) is 5.56 Å². The van der Waals surface area contributed by atoms with Gasteiger partial charge in [-0.05, 0) is 46.6 Å². The first-order valence-electron chi connectivity index (χ1n) is 6.21. The maximum absolute atomic E-state index is 12.7. The normalized spacial score (nSPS) is 10.3. The van der Waals surface area contributed by atoms with Crippen molar-refractivity contribution < 1.29 is 14.3 Å². The van der Waals surface area contributed by atoms with Crippen molar-refractivity contribution in [3.8, 4) is 11.5 Å². The number of hydrogen-bond donors (Lipinski definition) is 0. The van der Waals surface area contributed by atoms with E-state index in [-0.39, 0.29) is 5.78 Å². The highest BCUT2D eigenvalue weighted by Gasteiger charge is 2.20. The molecule has 0 N–H and O–H groups in total. The fraction of sp³-hybridized carbons (Fsp3) is 0.188. The molecule has 0 aromatic heterocycles. The van der Waals surface area contributed by atoms with Crippen LogP contribution >= 0.6 is 27.5 Å². The molecule has 0 radical (unpaired) electrons. The summed E-state index contributed by atoms with van der Waals surface area (Å²) in [5, 5.41) is 0.450. The topological polar surface area (TPSA) is 35.5 Å². The van der Waals surface area contributed by atoms with E-state index in [4.69, 9.17) is 21.1 Å². The van der Waals surface area contributed by atoms with Gasteiger partial charge >= 0.3 is 0 Å². The number of carbonyl (C=O) groups excluding carboxylic acids is 1. The minimum atomic E-state index is -0.202. The maximum atomic E-state index is 12.7. The molecule has 0 atom stereocenters. The summed E-state index contributed by atoms with van der Waals surface area (Å²) >= 11 is 9.61. The van der Waals surface area contributed by atoms with E-state index >= 15 is 0 Å². The molecule has 2 rings (SSSR count). The van der Waals surface area contributed by atoms with E-state index in [2.05, 4.69) is 15.9 Å². The van der Waals surface area contributed by atoms with E-state index in [0.29, 0.717) is 32.1 Å². The van der Waals surface area contributed by atoms with Crippen molar-refractivity contribution in [2.24, 2.45) is 0 Å². The molecule has 0 amide bonds. The average Bonchev–Trinajstić information content (AvgIpc) is 2.49. The second-order valence-corrected chi connectivity index (χ2v) is 5.68. The molecule has 0 saturated heterocycles. The van der Waals surface area contributed by atoms with Crippen molar-refractivity contribution in [3.05, 3.63) is 56.5 Å². The summed E-state index contributed by atoms with van der Waals surface area (Å²) in [6.07, 6.45) is 0. The molecule has 0 aliphatic rings. The maximum Gasteiger partial charge on any atom is 0.198 e. The predicted octanol–water partition coefficient (Wildman–Crippen LogP) is 4.66. The molecule has 21 heavy (non-hydrogen) atoms. The summed E-state index contributed by atoms with van der Waals surface area (Å²) in [5.74, 6) is 0.819. The van der Waals surface area contributed by atoms with Crippen LogP contribution in [0.5, 0.6) is 11.5 Å². The number of hydrogen-bond acceptors (Lipinski definition) is 3. The van der Waals surface area contributed by atoms with E-state index in [1.165, 1.54) is 7.11 Å². The quantitative estimate of drug-likeness (QED) is 0.735. The third-order valence-electron chi connectivity index (χ3n) is 3.15. The minimum absolute atomic E-state index is 0.202. The van der Waals surface area contributed by atoms with Crippen molar-refractivity contribution in [2.75, 3.05) is 14.2 Å². The molecule has 0 aliphatic carbocycles. The van der Waals surface area contributed by atoms with E-state index < -0.39 is 0 Å². The fourth-order valence-electron chi connectivity index (χ4n) is 2.01. The number of halogens is 2. The first kappa shape index (κ1) is 15.9. The second-order valence-electron chi connectivity index (χ2n) is 4.45. The first-order valence-corrected chi connectivity index (χ1v) is 7.38. The lowest BCUT2D eigenvalue weighted by atomic mass is 10.0. The van der Waals surface area contributed by atoms with Crippen LogP contribution in [0.2, 0.25) is 5.02 Å². The molecule has 0 heterocycles. The Morgan fingerprint density at radius 2 is 1.76 bits per heavy atom. The van der Waals surface area contributed by atoms with Crippen molar-refractivity contribution in [2.45, 2.75) is 6.92 Å². The molecular formula is C16H14BrClO3. The predicted molar refractivity (Wildman–Crippen MR) is 86.9 cm³/mol. The van der Waals surface area contributed by atoms with Crippen LogP contribution in [-0.2, 0) is 0 Å². The average molecular weight is 370 g/mol. The summed E-state index contributed by atoms with van der Waals surface area (Å²) < 4.78 is 11.2. The van der Waals surface area contributed by atoms with Gasteiger partial charge in [0.25, 0.3) is 0 Å². The van der Waals surface area contributed by atoms with Gasteiger partial charge in [-0.15, -0.1) is 0 Å². The van der Waals surface area contributed by atoms with Crippen LogP contribution < -0.4 is 9.47 Å². The van der Waals surface area contributed by atoms with Gasteiger partial charge in [-0.2, -0.15) is 0 Å². The zero-order chi connectivity index (χ0) is 15.6.